The van der Waals surface area contributed by atoms with Gasteiger partial charge in [0, 0.05) is 0 Å². The van der Waals surface area contributed by atoms with Crippen LogP contribution in [0.2, 0.25) is 9.49 Å². The monoisotopic (exact) mass is 333 g/mol. The second kappa shape index (κ2) is 5.35. The Morgan fingerprint density at radius 1 is 1.37 bits per heavy atom. The summed E-state index contributed by atoms with van der Waals surface area (Å²) in [4.78, 5) is 3.66. The van der Waals surface area contributed by atoms with E-state index < -0.39 is 10.0 Å². The fourth-order valence-electron chi connectivity index (χ4n) is 1.24. The van der Waals surface area contributed by atoms with E-state index in [-0.39, 0.29) is 24.9 Å². The first-order valence-electron chi connectivity index (χ1n) is 4.76. The van der Waals surface area contributed by atoms with Gasteiger partial charge in [-0.1, -0.05) is 34.5 Å². The van der Waals surface area contributed by atoms with Crippen molar-refractivity contribution in [2.24, 2.45) is 0 Å². The van der Waals surface area contributed by atoms with Crippen molar-refractivity contribution in [1.82, 2.24) is 4.98 Å². The molecule has 1 aromatic heterocycles. The molecule has 0 radical (unpaired) electrons. The van der Waals surface area contributed by atoms with Crippen molar-refractivity contribution in [2.75, 3.05) is 4.72 Å². The van der Waals surface area contributed by atoms with Gasteiger partial charge in [0.15, 0.2) is 8.68 Å². The van der Waals surface area contributed by atoms with Crippen LogP contribution >= 0.6 is 34.5 Å². The zero-order valence-corrected chi connectivity index (χ0v) is 12.2. The maximum absolute atomic E-state index is 12.0. The maximum Gasteiger partial charge on any atom is 0.273 e. The molecule has 0 aliphatic heterocycles. The SMILES string of the molecule is N#Cc1cc(NS(=O)(=O)c2cnc(Cl)s2)ccc1Cl. The lowest BCUT2D eigenvalue weighted by molar-refractivity contribution is 0.603. The minimum atomic E-state index is -3.76. The van der Waals surface area contributed by atoms with E-state index in [0.29, 0.717) is 0 Å². The average molecular weight is 334 g/mol. The first kappa shape index (κ1) is 14.1. The summed E-state index contributed by atoms with van der Waals surface area (Å²) in [5.41, 5.74) is 0.426. The molecule has 5 nitrogen and oxygen atoms in total. The minimum absolute atomic E-state index is 0.00837. The van der Waals surface area contributed by atoms with Gasteiger partial charge in [-0.05, 0) is 18.2 Å². The first-order valence-corrected chi connectivity index (χ1v) is 7.82. The molecule has 2 aromatic rings. The van der Waals surface area contributed by atoms with Gasteiger partial charge in [-0.2, -0.15) is 5.26 Å². The fraction of sp³-hybridized carbons (Fsp3) is 0. The Bertz CT molecular complexity index is 765. The Balaban J connectivity index is 2.34. The number of sulfonamides is 1. The molecule has 19 heavy (non-hydrogen) atoms. The van der Waals surface area contributed by atoms with Gasteiger partial charge in [0.2, 0.25) is 0 Å². The lowest BCUT2D eigenvalue weighted by Crippen LogP contribution is -2.11. The molecule has 0 amide bonds. The average Bonchev–Trinajstić information content (AvgIpc) is 2.79. The van der Waals surface area contributed by atoms with Crippen molar-refractivity contribution in [2.45, 2.75) is 4.21 Å². The number of halogens is 2. The van der Waals surface area contributed by atoms with E-state index in [2.05, 4.69) is 9.71 Å². The normalized spacial score (nSPS) is 11.0. The topological polar surface area (TPSA) is 82.9 Å². The highest BCUT2D eigenvalue weighted by molar-refractivity contribution is 7.94. The number of nitriles is 1. The van der Waals surface area contributed by atoms with Crippen LogP contribution in [0.4, 0.5) is 5.69 Å². The first-order chi connectivity index (χ1) is 8.92. The highest BCUT2D eigenvalue weighted by Gasteiger charge is 2.18. The van der Waals surface area contributed by atoms with E-state index in [9.17, 15) is 8.42 Å². The molecule has 0 aliphatic rings. The standard InChI is InChI=1S/C10H5Cl2N3O2S2/c11-8-2-1-7(3-6(8)4-13)15-19(16,17)9-5-14-10(12)18-9/h1-3,5,15H. The van der Waals surface area contributed by atoms with Crippen molar-refractivity contribution in [3.05, 3.63) is 39.4 Å². The Kier molecular flexibility index (Phi) is 3.96. The van der Waals surface area contributed by atoms with E-state index in [0.717, 1.165) is 17.5 Å². The molecule has 0 bridgehead atoms. The molecule has 0 aliphatic carbocycles. The quantitative estimate of drug-likeness (QED) is 0.935. The summed E-state index contributed by atoms with van der Waals surface area (Å²) < 4.78 is 26.4. The fourth-order valence-corrected chi connectivity index (χ4v) is 3.75. The number of anilines is 1. The summed E-state index contributed by atoms with van der Waals surface area (Å²) in [6, 6.07) is 6.12. The molecule has 9 heteroatoms. The second-order valence-electron chi connectivity index (χ2n) is 3.34. The maximum atomic E-state index is 12.0. The third-order valence-electron chi connectivity index (χ3n) is 2.06. The van der Waals surface area contributed by atoms with Crippen LogP contribution in [0, 0.1) is 11.3 Å². The van der Waals surface area contributed by atoms with Crippen LogP contribution in [0.3, 0.4) is 0 Å². The molecule has 1 aromatic carbocycles. The largest absolute Gasteiger partial charge is 0.279 e. The number of nitrogens with zero attached hydrogens (tertiary/aromatic N) is 2. The van der Waals surface area contributed by atoms with Crippen LogP contribution in [0.5, 0.6) is 0 Å². The van der Waals surface area contributed by atoms with Gasteiger partial charge in [0.1, 0.15) is 6.07 Å². The van der Waals surface area contributed by atoms with Crippen LogP contribution in [0.1, 0.15) is 5.56 Å². The van der Waals surface area contributed by atoms with Crippen LogP contribution < -0.4 is 4.72 Å². The molecule has 0 unspecified atom stereocenters. The molecule has 2 rings (SSSR count). The lowest BCUT2D eigenvalue weighted by Gasteiger charge is -2.06. The molecular weight excluding hydrogens is 329 g/mol. The lowest BCUT2D eigenvalue weighted by atomic mass is 10.2. The molecule has 0 fully saturated rings. The Hall–Kier alpha value is -1.33. The van der Waals surface area contributed by atoms with Crippen LogP contribution in [0.25, 0.3) is 0 Å². The number of hydrogen-bond donors (Lipinski definition) is 1. The van der Waals surface area contributed by atoms with E-state index >= 15 is 0 Å². The predicted octanol–water partition coefficient (Wildman–Crippen LogP) is 3.12. The van der Waals surface area contributed by atoms with E-state index in [1.165, 1.54) is 18.2 Å². The molecule has 98 valence electrons. The number of thiazole rings is 1. The molecule has 0 saturated carbocycles. The van der Waals surface area contributed by atoms with Crippen LogP contribution in [-0.2, 0) is 10.0 Å². The summed E-state index contributed by atoms with van der Waals surface area (Å²) in [6.07, 6.45) is 1.16. The zero-order chi connectivity index (χ0) is 14.0. The highest BCUT2D eigenvalue weighted by Crippen LogP contribution is 2.26. The van der Waals surface area contributed by atoms with Gasteiger partial charge in [0.25, 0.3) is 10.0 Å². The van der Waals surface area contributed by atoms with Crippen LogP contribution in [-0.4, -0.2) is 13.4 Å². The van der Waals surface area contributed by atoms with Crippen molar-refractivity contribution in [1.29, 1.82) is 5.26 Å². The Morgan fingerprint density at radius 2 is 2.11 bits per heavy atom. The van der Waals surface area contributed by atoms with Gasteiger partial charge in [-0.25, -0.2) is 13.4 Å². The molecule has 1 N–H and O–H groups in total. The summed E-state index contributed by atoms with van der Waals surface area (Å²) in [6.45, 7) is 0. The van der Waals surface area contributed by atoms with Crippen LogP contribution in [0.15, 0.2) is 28.6 Å². The smallest absolute Gasteiger partial charge is 0.273 e. The summed E-state index contributed by atoms with van der Waals surface area (Å²) >= 11 is 12.2. The molecular formula is C10H5Cl2N3O2S2. The van der Waals surface area contributed by atoms with Crippen molar-refractivity contribution >= 4 is 50.2 Å². The van der Waals surface area contributed by atoms with Gasteiger partial charge < -0.3 is 0 Å². The molecule has 0 spiro atoms. The van der Waals surface area contributed by atoms with Gasteiger partial charge in [-0.15, -0.1) is 0 Å². The molecule has 0 saturated heterocycles. The Labute approximate surface area is 123 Å². The van der Waals surface area contributed by atoms with E-state index in [1.807, 2.05) is 6.07 Å². The minimum Gasteiger partial charge on any atom is -0.279 e. The van der Waals surface area contributed by atoms with Crippen molar-refractivity contribution < 1.29 is 8.42 Å². The number of rotatable bonds is 3. The predicted molar refractivity (Wildman–Crippen MR) is 74.1 cm³/mol. The van der Waals surface area contributed by atoms with Gasteiger partial charge in [0.05, 0.1) is 22.5 Å². The van der Waals surface area contributed by atoms with Crippen molar-refractivity contribution in [3.8, 4) is 6.07 Å². The van der Waals surface area contributed by atoms with E-state index in [4.69, 9.17) is 28.5 Å². The third kappa shape index (κ3) is 3.16. The number of hydrogen-bond acceptors (Lipinski definition) is 5. The summed E-state index contributed by atoms with van der Waals surface area (Å²) in [7, 11) is -3.76. The summed E-state index contributed by atoms with van der Waals surface area (Å²) in [5, 5.41) is 9.08. The molecule has 0 atom stereocenters. The third-order valence-corrected chi connectivity index (χ3v) is 5.35. The van der Waals surface area contributed by atoms with E-state index in [1.54, 1.807) is 0 Å². The summed E-state index contributed by atoms with van der Waals surface area (Å²) in [5.74, 6) is 0. The number of aromatic nitrogens is 1. The Morgan fingerprint density at radius 3 is 2.68 bits per heavy atom. The van der Waals surface area contributed by atoms with Gasteiger partial charge >= 0.3 is 0 Å². The second-order valence-corrected chi connectivity index (χ2v) is 7.27. The molecule has 1 heterocycles. The number of nitrogens with one attached hydrogen (secondary N) is 1. The van der Waals surface area contributed by atoms with Gasteiger partial charge in [-0.3, -0.25) is 4.72 Å². The highest BCUT2D eigenvalue weighted by atomic mass is 35.5. The zero-order valence-electron chi connectivity index (χ0n) is 9.09. The van der Waals surface area contributed by atoms with Crippen molar-refractivity contribution in [3.63, 3.8) is 0 Å². The number of benzene rings is 1.